The van der Waals surface area contributed by atoms with Gasteiger partial charge in [0, 0.05) is 11.4 Å². The van der Waals surface area contributed by atoms with Gasteiger partial charge in [0.2, 0.25) is 0 Å². The van der Waals surface area contributed by atoms with Crippen LogP contribution in [0.1, 0.15) is 116 Å². The van der Waals surface area contributed by atoms with Gasteiger partial charge in [-0.05, 0) is 62.5 Å². The number of hydrogen-bond acceptors (Lipinski definition) is 2. The molecule has 0 bridgehead atoms. The van der Waals surface area contributed by atoms with Crippen molar-refractivity contribution in [1.82, 2.24) is 0 Å². The molecular formula is C22H40N2. The third kappa shape index (κ3) is 6.91. The molecule has 0 aromatic carbocycles. The lowest BCUT2D eigenvalue weighted by molar-refractivity contribution is 0.584. The van der Waals surface area contributed by atoms with E-state index in [2.05, 4.69) is 0 Å². The molecule has 0 atom stereocenters. The van der Waals surface area contributed by atoms with Crippen LogP contribution in [0.4, 0.5) is 0 Å². The van der Waals surface area contributed by atoms with Gasteiger partial charge in [-0.3, -0.25) is 0 Å². The van der Waals surface area contributed by atoms with Gasteiger partial charge in [-0.25, -0.2) is 0 Å². The first-order valence-corrected chi connectivity index (χ1v) is 10.7. The van der Waals surface area contributed by atoms with Crippen molar-refractivity contribution < 1.29 is 0 Å². The Balaban J connectivity index is 2.17. The molecule has 4 N–H and O–H groups in total. The Morgan fingerprint density at radius 2 is 0.583 bits per heavy atom. The summed E-state index contributed by atoms with van der Waals surface area (Å²) in [5.74, 6) is 0. The van der Waals surface area contributed by atoms with Crippen molar-refractivity contribution in [2.45, 2.75) is 116 Å². The van der Waals surface area contributed by atoms with Gasteiger partial charge in [0.15, 0.2) is 0 Å². The average molecular weight is 333 g/mol. The van der Waals surface area contributed by atoms with Crippen LogP contribution < -0.4 is 11.5 Å². The van der Waals surface area contributed by atoms with Gasteiger partial charge in [-0.15, -0.1) is 0 Å². The minimum atomic E-state index is 1.08. The van der Waals surface area contributed by atoms with Crippen molar-refractivity contribution in [3.63, 3.8) is 0 Å². The third-order valence-electron chi connectivity index (χ3n) is 5.89. The molecule has 0 aromatic heterocycles. The Kier molecular flexibility index (Phi) is 9.38. The highest BCUT2D eigenvalue weighted by atomic mass is 14.6. The third-order valence-corrected chi connectivity index (χ3v) is 5.89. The summed E-state index contributed by atoms with van der Waals surface area (Å²) in [6.45, 7) is 0. The monoisotopic (exact) mass is 332 g/mol. The highest BCUT2D eigenvalue weighted by Gasteiger charge is 2.15. The van der Waals surface area contributed by atoms with E-state index in [0.717, 1.165) is 37.1 Å². The second kappa shape index (κ2) is 11.6. The van der Waals surface area contributed by atoms with Crippen LogP contribution in [0.3, 0.4) is 0 Å². The first kappa shape index (κ1) is 19.4. The molecule has 2 nitrogen and oxygen atoms in total. The van der Waals surface area contributed by atoms with Crippen LogP contribution in [-0.4, -0.2) is 0 Å². The van der Waals surface area contributed by atoms with E-state index in [1.54, 1.807) is 0 Å². The van der Waals surface area contributed by atoms with Crippen molar-refractivity contribution in [2.24, 2.45) is 11.5 Å². The number of hydrogen-bond donors (Lipinski definition) is 2. The smallest absolute Gasteiger partial charge is 0.0116 e. The summed E-state index contributed by atoms with van der Waals surface area (Å²) in [5, 5.41) is 0. The molecule has 0 heterocycles. The quantitative estimate of drug-likeness (QED) is 0.579. The molecule has 2 heteroatoms. The zero-order valence-corrected chi connectivity index (χ0v) is 15.9. The molecule has 0 saturated carbocycles. The number of rotatable bonds is 1. The van der Waals surface area contributed by atoms with E-state index in [0.29, 0.717) is 0 Å². The van der Waals surface area contributed by atoms with Crippen molar-refractivity contribution in [2.75, 3.05) is 0 Å². The molecule has 138 valence electrons. The standard InChI is InChI=1S/C22H40N2/c23-21-17-13-9-5-1-3-7-11-15-19(21)20-16-12-8-4-2-6-10-14-18-22(20)24/h1-18,23-24H2. The Bertz CT molecular complexity index is 380. The lowest BCUT2D eigenvalue weighted by Crippen LogP contribution is -2.11. The maximum Gasteiger partial charge on any atom is 0.0116 e. The summed E-state index contributed by atoms with van der Waals surface area (Å²) in [7, 11) is 0. The van der Waals surface area contributed by atoms with Gasteiger partial charge in [0.05, 0.1) is 0 Å². The van der Waals surface area contributed by atoms with Crippen LogP contribution >= 0.6 is 0 Å². The maximum absolute atomic E-state index is 6.59. The molecular weight excluding hydrogens is 292 g/mol. The molecule has 2 rings (SSSR count). The highest BCUT2D eigenvalue weighted by molar-refractivity contribution is 5.37. The molecule has 2 aliphatic rings. The summed E-state index contributed by atoms with van der Waals surface area (Å²) in [6.07, 6.45) is 23.3. The number of allylic oxidation sites excluding steroid dienone is 4. The van der Waals surface area contributed by atoms with E-state index in [9.17, 15) is 0 Å². The van der Waals surface area contributed by atoms with Crippen molar-refractivity contribution >= 4 is 0 Å². The zero-order valence-electron chi connectivity index (χ0n) is 15.9. The fourth-order valence-electron chi connectivity index (χ4n) is 4.31. The van der Waals surface area contributed by atoms with Gasteiger partial charge in [0.1, 0.15) is 0 Å². The lowest BCUT2D eigenvalue weighted by Gasteiger charge is -2.19. The summed E-state index contributed by atoms with van der Waals surface area (Å²) in [5.41, 5.74) is 18.4. The van der Waals surface area contributed by atoms with E-state index < -0.39 is 0 Å². The summed E-state index contributed by atoms with van der Waals surface area (Å²) < 4.78 is 0. The van der Waals surface area contributed by atoms with Crippen molar-refractivity contribution in [1.29, 1.82) is 0 Å². The zero-order chi connectivity index (χ0) is 17.0. The Hall–Kier alpha value is -0.920. The lowest BCUT2D eigenvalue weighted by atomic mass is 9.90. The van der Waals surface area contributed by atoms with Gasteiger partial charge >= 0.3 is 0 Å². The van der Waals surface area contributed by atoms with E-state index in [1.807, 2.05) is 0 Å². The van der Waals surface area contributed by atoms with E-state index in [4.69, 9.17) is 11.5 Å². The minimum absolute atomic E-state index is 1.08. The van der Waals surface area contributed by atoms with Crippen LogP contribution in [0.2, 0.25) is 0 Å². The molecule has 0 radical (unpaired) electrons. The fourth-order valence-corrected chi connectivity index (χ4v) is 4.31. The first-order valence-electron chi connectivity index (χ1n) is 10.7. The van der Waals surface area contributed by atoms with Crippen molar-refractivity contribution in [3.8, 4) is 0 Å². The van der Waals surface area contributed by atoms with E-state index >= 15 is 0 Å². The average Bonchev–Trinajstić information content (AvgIpc) is 2.65. The second-order valence-electron chi connectivity index (χ2n) is 7.96. The normalized spacial score (nSPS) is 24.2. The van der Waals surface area contributed by atoms with Gasteiger partial charge in [0.25, 0.3) is 0 Å². The van der Waals surface area contributed by atoms with Crippen LogP contribution in [0, 0.1) is 0 Å². The topological polar surface area (TPSA) is 52.0 Å². The molecule has 0 spiro atoms. The van der Waals surface area contributed by atoms with Gasteiger partial charge in [-0.2, -0.15) is 0 Å². The Labute approximate surface area is 150 Å². The fraction of sp³-hybridized carbons (Fsp3) is 0.818. The predicted octanol–water partition coefficient (Wildman–Crippen LogP) is 6.46. The van der Waals surface area contributed by atoms with Gasteiger partial charge in [-0.1, -0.05) is 64.2 Å². The predicted molar refractivity (Wildman–Crippen MR) is 106 cm³/mol. The largest absolute Gasteiger partial charge is 0.402 e. The summed E-state index contributed by atoms with van der Waals surface area (Å²) >= 11 is 0. The molecule has 0 amide bonds. The molecule has 0 aromatic rings. The van der Waals surface area contributed by atoms with Crippen LogP contribution in [0.15, 0.2) is 22.5 Å². The maximum atomic E-state index is 6.59. The Morgan fingerprint density at radius 1 is 0.333 bits per heavy atom. The SMILES string of the molecule is NC1=C(C2=C(N)CCCCCCCCC2)CCCCCCCCC1. The summed E-state index contributed by atoms with van der Waals surface area (Å²) in [4.78, 5) is 0. The van der Waals surface area contributed by atoms with E-state index in [1.165, 1.54) is 101 Å². The van der Waals surface area contributed by atoms with Crippen LogP contribution in [0.5, 0.6) is 0 Å². The Morgan fingerprint density at radius 3 is 0.917 bits per heavy atom. The molecule has 2 aliphatic carbocycles. The van der Waals surface area contributed by atoms with Crippen LogP contribution in [-0.2, 0) is 0 Å². The molecule has 0 aliphatic heterocycles. The second-order valence-corrected chi connectivity index (χ2v) is 7.96. The van der Waals surface area contributed by atoms with Crippen molar-refractivity contribution in [3.05, 3.63) is 22.5 Å². The molecule has 0 saturated heterocycles. The summed E-state index contributed by atoms with van der Waals surface area (Å²) in [6, 6.07) is 0. The molecule has 0 unspecified atom stereocenters. The highest BCUT2D eigenvalue weighted by Crippen LogP contribution is 2.31. The minimum Gasteiger partial charge on any atom is -0.402 e. The molecule has 24 heavy (non-hydrogen) atoms. The van der Waals surface area contributed by atoms with Crippen LogP contribution in [0.25, 0.3) is 0 Å². The van der Waals surface area contributed by atoms with Gasteiger partial charge < -0.3 is 11.5 Å². The number of nitrogens with two attached hydrogens (primary N) is 2. The van der Waals surface area contributed by atoms with E-state index in [-0.39, 0.29) is 0 Å². The molecule has 0 fully saturated rings. The first-order chi connectivity index (χ1) is 11.8.